The van der Waals surface area contributed by atoms with Crippen LogP contribution in [0, 0.1) is 6.92 Å². The smallest absolute Gasteiger partial charge is 0.191 e. The molecule has 2 rings (SSSR count). The Hall–Kier alpha value is -1.88. The van der Waals surface area contributed by atoms with Gasteiger partial charge >= 0.3 is 0 Å². The number of aryl methyl sites for hydroxylation is 1. The van der Waals surface area contributed by atoms with Crippen LogP contribution in [0.5, 0.6) is 0 Å². The monoisotopic (exact) mass is 330 g/mol. The number of thiazole rings is 1. The summed E-state index contributed by atoms with van der Waals surface area (Å²) in [5, 5.41) is 9.93. The van der Waals surface area contributed by atoms with Crippen molar-refractivity contribution in [2.45, 2.75) is 46.2 Å². The lowest BCUT2D eigenvalue weighted by Crippen LogP contribution is -2.36. The van der Waals surface area contributed by atoms with E-state index in [-0.39, 0.29) is 5.41 Å². The fraction of sp³-hybridized carbons (Fsp3) is 0.444. The van der Waals surface area contributed by atoms with Crippen LogP contribution >= 0.6 is 11.3 Å². The van der Waals surface area contributed by atoms with Gasteiger partial charge in [-0.25, -0.2) is 4.98 Å². The van der Waals surface area contributed by atoms with Crippen LogP contribution in [0.1, 0.15) is 42.6 Å². The van der Waals surface area contributed by atoms with E-state index >= 15 is 0 Å². The number of nitrogens with one attached hydrogen (secondary N) is 2. The summed E-state index contributed by atoms with van der Waals surface area (Å²) in [7, 11) is 1.78. The van der Waals surface area contributed by atoms with E-state index < -0.39 is 0 Å². The van der Waals surface area contributed by atoms with Gasteiger partial charge in [0.05, 0.1) is 17.2 Å². The molecule has 0 saturated carbocycles. The van der Waals surface area contributed by atoms with E-state index in [1.807, 2.05) is 0 Å². The van der Waals surface area contributed by atoms with Gasteiger partial charge in [0.25, 0.3) is 0 Å². The van der Waals surface area contributed by atoms with Gasteiger partial charge in [0.2, 0.25) is 0 Å². The van der Waals surface area contributed by atoms with Crippen molar-refractivity contribution in [1.82, 2.24) is 15.6 Å². The molecular weight excluding hydrogens is 304 g/mol. The van der Waals surface area contributed by atoms with Gasteiger partial charge in [0.15, 0.2) is 5.96 Å². The van der Waals surface area contributed by atoms with Crippen LogP contribution in [-0.4, -0.2) is 18.0 Å². The third kappa shape index (κ3) is 5.36. The first-order chi connectivity index (χ1) is 10.9. The maximum atomic E-state index is 4.69. The van der Waals surface area contributed by atoms with E-state index in [4.69, 9.17) is 4.98 Å². The fourth-order valence-electron chi connectivity index (χ4n) is 2.14. The van der Waals surface area contributed by atoms with Crippen molar-refractivity contribution in [3.05, 3.63) is 51.5 Å². The van der Waals surface area contributed by atoms with Gasteiger partial charge in [0, 0.05) is 24.4 Å². The van der Waals surface area contributed by atoms with E-state index in [0.717, 1.165) is 23.2 Å². The number of aromatic nitrogens is 1. The van der Waals surface area contributed by atoms with Gasteiger partial charge in [-0.3, -0.25) is 4.99 Å². The Balaban J connectivity index is 1.87. The van der Waals surface area contributed by atoms with Gasteiger partial charge in [-0.15, -0.1) is 11.3 Å². The Morgan fingerprint density at radius 2 is 1.96 bits per heavy atom. The zero-order valence-corrected chi connectivity index (χ0v) is 15.4. The van der Waals surface area contributed by atoms with Gasteiger partial charge in [0.1, 0.15) is 0 Å². The van der Waals surface area contributed by atoms with Gasteiger partial charge in [-0.2, -0.15) is 0 Å². The van der Waals surface area contributed by atoms with Crippen LogP contribution < -0.4 is 10.6 Å². The van der Waals surface area contributed by atoms with Crippen molar-refractivity contribution in [2.24, 2.45) is 4.99 Å². The van der Waals surface area contributed by atoms with Crippen molar-refractivity contribution in [3.63, 3.8) is 0 Å². The maximum Gasteiger partial charge on any atom is 0.191 e. The number of aliphatic imine (C=N–C) groups is 1. The van der Waals surface area contributed by atoms with Crippen LogP contribution in [0.3, 0.4) is 0 Å². The molecule has 0 radical (unpaired) electrons. The molecule has 0 atom stereocenters. The van der Waals surface area contributed by atoms with Crippen molar-refractivity contribution < 1.29 is 0 Å². The standard InChI is InChI=1S/C18H26N4S/c1-13-7-6-8-14(9-13)10-20-17(19-5)21-11-15-12-23-16(22-15)18(2,3)4/h6-9,12H,10-11H2,1-5H3,(H2,19,20,21). The van der Waals surface area contributed by atoms with Gasteiger partial charge in [-0.05, 0) is 12.5 Å². The van der Waals surface area contributed by atoms with Crippen LogP contribution in [-0.2, 0) is 18.5 Å². The molecule has 0 spiro atoms. The SMILES string of the molecule is CN=C(NCc1cccc(C)c1)NCc1csc(C(C)(C)C)n1. The quantitative estimate of drug-likeness (QED) is 0.665. The van der Waals surface area contributed by atoms with Crippen molar-refractivity contribution in [1.29, 1.82) is 0 Å². The number of hydrogen-bond acceptors (Lipinski definition) is 3. The van der Waals surface area contributed by atoms with Crippen molar-refractivity contribution in [2.75, 3.05) is 7.05 Å². The number of guanidine groups is 1. The molecular formula is C18H26N4S. The maximum absolute atomic E-state index is 4.69. The zero-order valence-electron chi connectivity index (χ0n) is 14.6. The molecule has 0 aliphatic heterocycles. The predicted molar refractivity (Wildman–Crippen MR) is 99.0 cm³/mol. The minimum absolute atomic E-state index is 0.105. The molecule has 1 aromatic heterocycles. The van der Waals surface area contributed by atoms with Gasteiger partial charge in [-0.1, -0.05) is 50.6 Å². The van der Waals surface area contributed by atoms with E-state index in [9.17, 15) is 0 Å². The first kappa shape index (κ1) is 17.5. The molecule has 4 nitrogen and oxygen atoms in total. The highest BCUT2D eigenvalue weighted by molar-refractivity contribution is 7.09. The third-order valence-electron chi connectivity index (χ3n) is 3.40. The van der Waals surface area contributed by atoms with Crippen molar-refractivity contribution >= 4 is 17.3 Å². The average molecular weight is 331 g/mol. The second-order valence-corrected chi connectivity index (χ2v) is 7.52. The Labute approximate surface area is 143 Å². The highest BCUT2D eigenvalue weighted by Gasteiger charge is 2.17. The molecule has 23 heavy (non-hydrogen) atoms. The number of nitrogens with zero attached hydrogens (tertiary/aromatic N) is 2. The summed E-state index contributed by atoms with van der Waals surface area (Å²) in [5.74, 6) is 0.789. The molecule has 0 amide bonds. The molecule has 0 unspecified atom stereocenters. The summed E-state index contributed by atoms with van der Waals surface area (Å²) in [6.45, 7) is 10.1. The lowest BCUT2D eigenvalue weighted by atomic mass is 9.98. The zero-order chi connectivity index (χ0) is 16.9. The second-order valence-electron chi connectivity index (χ2n) is 6.66. The molecule has 2 N–H and O–H groups in total. The Kier molecular flexibility index (Phi) is 5.77. The molecule has 0 fully saturated rings. The Bertz CT molecular complexity index is 668. The first-order valence-electron chi connectivity index (χ1n) is 7.83. The summed E-state index contributed by atoms with van der Waals surface area (Å²) in [5.41, 5.74) is 3.67. The predicted octanol–water partition coefficient (Wildman–Crippen LogP) is 3.61. The lowest BCUT2D eigenvalue weighted by Gasteiger charge is -2.14. The third-order valence-corrected chi connectivity index (χ3v) is 4.71. The topological polar surface area (TPSA) is 49.3 Å². The fourth-order valence-corrected chi connectivity index (χ4v) is 3.04. The Morgan fingerprint density at radius 3 is 2.57 bits per heavy atom. The summed E-state index contributed by atoms with van der Waals surface area (Å²) < 4.78 is 0. The van der Waals surface area contributed by atoms with E-state index in [1.54, 1.807) is 18.4 Å². The molecule has 124 valence electrons. The normalized spacial score (nSPS) is 12.3. The minimum Gasteiger partial charge on any atom is -0.352 e. The highest BCUT2D eigenvalue weighted by atomic mass is 32.1. The molecule has 1 heterocycles. The van der Waals surface area contributed by atoms with Crippen LogP contribution in [0.4, 0.5) is 0 Å². The summed E-state index contributed by atoms with van der Waals surface area (Å²) in [6.07, 6.45) is 0. The van der Waals surface area contributed by atoms with E-state index in [1.165, 1.54) is 11.1 Å². The molecule has 2 aromatic rings. The van der Waals surface area contributed by atoms with E-state index in [0.29, 0.717) is 6.54 Å². The highest BCUT2D eigenvalue weighted by Crippen LogP contribution is 2.25. The second kappa shape index (κ2) is 7.59. The number of rotatable bonds is 4. The average Bonchev–Trinajstić information content (AvgIpc) is 2.96. The lowest BCUT2D eigenvalue weighted by molar-refractivity contribution is 0.582. The molecule has 0 aliphatic rings. The van der Waals surface area contributed by atoms with Crippen LogP contribution in [0.25, 0.3) is 0 Å². The largest absolute Gasteiger partial charge is 0.352 e. The Morgan fingerprint density at radius 1 is 1.22 bits per heavy atom. The summed E-state index contributed by atoms with van der Waals surface area (Å²) in [4.78, 5) is 8.96. The first-order valence-corrected chi connectivity index (χ1v) is 8.71. The molecule has 5 heteroatoms. The van der Waals surface area contributed by atoms with E-state index in [2.05, 4.69) is 73.0 Å². The molecule has 0 bridgehead atoms. The number of benzene rings is 1. The van der Waals surface area contributed by atoms with Crippen molar-refractivity contribution in [3.8, 4) is 0 Å². The summed E-state index contributed by atoms with van der Waals surface area (Å²) >= 11 is 1.72. The van der Waals surface area contributed by atoms with Gasteiger partial charge < -0.3 is 10.6 Å². The molecule has 0 saturated heterocycles. The number of hydrogen-bond donors (Lipinski definition) is 2. The van der Waals surface area contributed by atoms with Crippen LogP contribution in [0.2, 0.25) is 0 Å². The summed E-state index contributed by atoms with van der Waals surface area (Å²) in [6, 6.07) is 8.47. The minimum atomic E-state index is 0.105. The van der Waals surface area contributed by atoms with Crippen LogP contribution in [0.15, 0.2) is 34.6 Å². The molecule has 0 aliphatic carbocycles. The molecule has 1 aromatic carbocycles.